The van der Waals surface area contributed by atoms with Crippen molar-refractivity contribution in [2.45, 2.75) is 25.9 Å². The lowest BCUT2D eigenvalue weighted by Crippen LogP contribution is -2.45. The van der Waals surface area contributed by atoms with E-state index in [1.807, 2.05) is 12.1 Å². The first-order valence-corrected chi connectivity index (χ1v) is 11.7. The van der Waals surface area contributed by atoms with Crippen LogP contribution in [-0.4, -0.2) is 57.3 Å². The van der Waals surface area contributed by atoms with E-state index >= 15 is 0 Å². The molecule has 1 amide bonds. The van der Waals surface area contributed by atoms with E-state index in [0.717, 1.165) is 45.9 Å². The number of carbonyl (C=O) groups excluding carboxylic acids is 1. The van der Waals surface area contributed by atoms with Gasteiger partial charge in [0.15, 0.2) is 0 Å². The Morgan fingerprint density at radius 1 is 1.00 bits per heavy atom. The Morgan fingerprint density at radius 3 is 2.16 bits per heavy atom. The monoisotopic (exact) mass is 448 g/mol. The van der Waals surface area contributed by atoms with E-state index < -0.39 is 28.5 Å². The molecule has 2 aromatic carbocycles. The van der Waals surface area contributed by atoms with Crippen molar-refractivity contribution < 1.29 is 17.6 Å². The minimum atomic E-state index is -3.92. The molecular weight excluding hydrogens is 419 g/mol. The largest absolute Gasteiger partial charge is 0.350 e. The third-order valence-corrected chi connectivity index (χ3v) is 7.08. The first kappa shape index (κ1) is 23.2. The summed E-state index contributed by atoms with van der Waals surface area (Å²) in [6.07, 6.45) is 2.51. The van der Waals surface area contributed by atoms with Crippen LogP contribution in [0.25, 0.3) is 0 Å². The molecule has 0 radical (unpaired) electrons. The summed E-state index contributed by atoms with van der Waals surface area (Å²) in [6.45, 7) is 3.10. The molecule has 168 valence electrons. The summed E-state index contributed by atoms with van der Waals surface area (Å²) in [5.41, 5.74) is 2.38. The van der Waals surface area contributed by atoms with Gasteiger partial charge >= 0.3 is 10.2 Å². The predicted octanol–water partition coefficient (Wildman–Crippen LogP) is 2.35. The molecule has 0 atom stereocenters. The van der Waals surface area contributed by atoms with Crippen LogP contribution in [-0.2, 0) is 28.1 Å². The van der Waals surface area contributed by atoms with Crippen LogP contribution < -0.4 is 9.62 Å². The minimum Gasteiger partial charge on any atom is -0.350 e. The second-order valence-corrected chi connectivity index (χ2v) is 9.92. The highest BCUT2D eigenvalue weighted by Crippen LogP contribution is 2.20. The normalized spacial score (nSPS) is 14.7. The number of nitrogens with zero attached hydrogens (tertiary/aromatic N) is 3. The van der Waals surface area contributed by atoms with E-state index in [9.17, 15) is 17.6 Å². The minimum absolute atomic E-state index is 0.219. The van der Waals surface area contributed by atoms with Crippen molar-refractivity contribution in [1.29, 1.82) is 0 Å². The molecule has 9 heteroatoms. The quantitative estimate of drug-likeness (QED) is 0.639. The van der Waals surface area contributed by atoms with Crippen molar-refractivity contribution in [3.05, 3.63) is 65.5 Å². The molecule has 1 aliphatic heterocycles. The van der Waals surface area contributed by atoms with Gasteiger partial charge < -0.3 is 5.32 Å². The van der Waals surface area contributed by atoms with Crippen LogP contribution in [0.1, 0.15) is 24.0 Å². The SMILES string of the molecule is CN(C)S(=O)(=O)N(CC(=O)NCc1ccc(CN2CCCC2)cc1)c1ccc(F)cc1. The lowest BCUT2D eigenvalue weighted by Gasteiger charge is -2.26. The van der Waals surface area contributed by atoms with Gasteiger partial charge in [0.25, 0.3) is 0 Å². The van der Waals surface area contributed by atoms with E-state index in [4.69, 9.17) is 0 Å². The first-order chi connectivity index (χ1) is 14.8. The molecule has 0 spiro atoms. The van der Waals surface area contributed by atoms with Gasteiger partial charge in [-0.05, 0) is 61.3 Å². The van der Waals surface area contributed by atoms with Gasteiger partial charge in [0.2, 0.25) is 5.91 Å². The van der Waals surface area contributed by atoms with Crippen molar-refractivity contribution in [1.82, 2.24) is 14.5 Å². The fourth-order valence-electron chi connectivity index (χ4n) is 3.46. The number of carbonyl (C=O) groups is 1. The van der Waals surface area contributed by atoms with Gasteiger partial charge in [-0.3, -0.25) is 9.69 Å². The van der Waals surface area contributed by atoms with Crippen molar-refractivity contribution in [3.8, 4) is 0 Å². The molecule has 0 unspecified atom stereocenters. The highest BCUT2D eigenvalue weighted by molar-refractivity contribution is 7.90. The molecule has 0 aliphatic carbocycles. The Labute approximate surface area is 183 Å². The molecule has 1 N–H and O–H groups in total. The number of likely N-dealkylation sites (tertiary alicyclic amines) is 1. The summed E-state index contributed by atoms with van der Waals surface area (Å²) in [5.74, 6) is -0.931. The standard InChI is InChI=1S/C22H29FN4O3S/c1-25(2)31(29,30)27(21-11-9-20(23)10-12-21)17-22(28)24-15-18-5-7-19(8-6-18)16-26-13-3-4-14-26/h5-12H,3-4,13-17H2,1-2H3,(H,24,28). The maximum Gasteiger partial charge on any atom is 0.304 e. The fraction of sp³-hybridized carbons (Fsp3) is 0.409. The number of rotatable bonds is 9. The van der Waals surface area contributed by atoms with Gasteiger partial charge in [-0.1, -0.05) is 24.3 Å². The van der Waals surface area contributed by atoms with Crippen LogP contribution in [0.4, 0.5) is 10.1 Å². The van der Waals surface area contributed by atoms with Crippen LogP contribution in [0.2, 0.25) is 0 Å². The molecule has 1 fully saturated rings. The van der Waals surface area contributed by atoms with Gasteiger partial charge in [-0.15, -0.1) is 0 Å². The zero-order chi connectivity index (χ0) is 22.4. The van der Waals surface area contributed by atoms with Gasteiger partial charge in [0.1, 0.15) is 12.4 Å². The van der Waals surface area contributed by atoms with Gasteiger partial charge in [0.05, 0.1) is 5.69 Å². The Kier molecular flexibility index (Phi) is 7.64. The maximum absolute atomic E-state index is 13.3. The van der Waals surface area contributed by atoms with E-state index in [1.165, 1.54) is 44.6 Å². The van der Waals surface area contributed by atoms with Gasteiger partial charge in [-0.2, -0.15) is 12.7 Å². The van der Waals surface area contributed by atoms with E-state index in [2.05, 4.69) is 22.3 Å². The molecule has 0 saturated carbocycles. The average molecular weight is 449 g/mol. The molecule has 0 bridgehead atoms. The van der Waals surface area contributed by atoms with Crippen molar-refractivity contribution in [2.24, 2.45) is 0 Å². The Bertz CT molecular complexity index is 973. The fourth-order valence-corrected chi connectivity index (χ4v) is 4.52. The zero-order valence-corrected chi connectivity index (χ0v) is 18.7. The topological polar surface area (TPSA) is 73.0 Å². The molecule has 1 saturated heterocycles. The van der Waals surface area contributed by atoms with Crippen molar-refractivity contribution in [3.63, 3.8) is 0 Å². The van der Waals surface area contributed by atoms with Crippen molar-refractivity contribution >= 4 is 21.8 Å². The van der Waals surface area contributed by atoms with Gasteiger partial charge in [0, 0.05) is 27.2 Å². The summed E-state index contributed by atoms with van der Waals surface area (Å²) < 4.78 is 40.6. The lowest BCUT2D eigenvalue weighted by atomic mass is 10.1. The zero-order valence-electron chi connectivity index (χ0n) is 17.9. The molecule has 1 heterocycles. The molecular formula is C22H29FN4O3S. The Balaban J connectivity index is 1.61. The number of halogens is 1. The molecule has 2 aromatic rings. The molecule has 3 rings (SSSR count). The van der Waals surface area contributed by atoms with Crippen LogP contribution in [0.5, 0.6) is 0 Å². The molecule has 7 nitrogen and oxygen atoms in total. The lowest BCUT2D eigenvalue weighted by molar-refractivity contribution is -0.119. The Morgan fingerprint density at radius 2 is 1.58 bits per heavy atom. The first-order valence-electron chi connectivity index (χ1n) is 10.3. The molecule has 31 heavy (non-hydrogen) atoms. The van der Waals surface area contributed by atoms with E-state index in [0.29, 0.717) is 6.54 Å². The average Bonchev–Trinajstić information content (AvgIpc) is 3.25. The number of amides is 1. The molecule has 0 aromatic heterocycles. The van der Waals surface area contributed by atoms with E-state index in [1.54, 1.807) is 0 Å². The third kappa shape index (κ3) is 6.25. The predicted molar refractivity (Wildman–Crippen MR) is 119 cm³/mol. The Hall–Kier alpha value is -2.49. The van der Waals surface area contributed by atoms with Gasteiger partial charge in [-0.25, -0.2) is 8.70 Å². The summed E-state index contributed by atoms with van der Waals surface area (Å²) in [6, 6.07) is 13.1. The number of benzene rings is 2. The number of hydrogen-bond donors (Lipinski definition) is 1. The van der Waals surface area contributed by atoms with Crippen LogP contribution in [0.15, 0.2) is 48.5 Å². The summed E-state index contributed by atoms with van der Waals surface area (Å²) >= 11 is 0. The number of nitrogens with one attached hydrogen (secondary N) is 1. The smallest absolute Gasteiger partial charge is 0.304 e. The van der Waals surface area contributed by atoms with Crippen LogP contribution >= 0.6 is 0 Å². The van der Waals surface area contributed by atoms with Crippen LogP contribution in [0, 0.1) is 5.82 Å². The van der Waals surface area contributed by atoms with E-state index in [-0.39, 0.29) is 5.69 Å². The summed E-state index contributed by atoms with van der Waals surface area (Å²) in [4.78, 5) is 14.9. The van der Waals surface area contributed by atoms with Crippen molar-refractivity contribution in [2.75, 3.05) is 38.0 Å². The number of anilines is 1. The molecule has 1 aliphatic rings. The maximum atomic E-state index is 13.3. The third-order valence-electron chi connectivity index (χ3n) is 5.26. The second-order valence-electron chi connectivity index (χ2n) is 7.85. The summed E-state index contributed by atoms with van der Waals surface area (Å²) in [7, 11) is -1.16. The van der Waals surface area contributed by atoms with Crippen LogP contribution in [0.3, 0.4) is 0 Å². The number of hydrogen-bond acceptors (Lipinski definition) is 4. The summed E-state index contributed by atoms with van der Waals surface area (Å²) in [5, 5.41) is 2.77. The highest BCUT2D eigenvalue weighted by atomic mass is 32.2. The highest BCUT2D eigenvalue weighted by Gasteiger charge is 2.27. The second kappa shape index (κ2) is 10.2.